The molecule has 4 aliphatic carbocycles. The molecule has 4 nitrogen and oxygen atoms in total. The summed E-state index contributed by atoms with van der Waals surface area (Å²) in [6, 6.07) is 0. The quantitative estimate of drug-likeness (QED) is 0.515. The van der Waals surface area contributed by atoms with Gasteiger partial charge in [-0.1, -0.05) is 32.4 Å². The Labute approximate surface area is 207 Å². The minimum Gasteiger partial charge on any atom is -0.396 e. The van der Waals surface area contributed by atoms with Gasteiger partial charge in [0.1, 0.15) is 0 Å². The highest BCUT2D eigenvalue weighted by molar-refractivity contribution is 5.76. The summed E-state index contributed by atoms with van der Waals surface area (Å²) in [5.41, 5.74) is 2.32. The van der Waals surface area contributed by atoms with Crippen LogP contribution in [0.3, 0.4) is 0 Å². The summed E-state index contributed by atoms with van der Waals surface area (Å²) in [6.07, 6.45) is 15.8. The number of aliphatic hydroxyl groups is 2. The third-order valence-electron chi connectivity index (χ3n) is 11.9. The minimum absolute atomic E-state index is 0.120. The number of carbonyl (C=O) groups is 1. The van der Waals surface area contributed by atoms with Crippen LogP contribution < -0.4 is 0 Å². The molecule has 5 aliphatic rings. The summed E-state index contributed by atoms with van der Waals surface area (Å²) in [5.74, 6) is 4.53. The van der Waals surface area contributed by atoms with E-state index < -0.39 is 0 Å². The molecule has 1 aliphatic heterocycles. The van der Waals surface area contributed by atoms with Gasteiger partial charge in [-0.15, -0.1) is 0 Å². The number of hydrogen-bond donors (Lipinski definition) is 2. The summed E-state index contributed by atoms with van der Waals surface area (Å²) in [5, 5.41) is 19.6. The van der Waals surface area contributed by atoms with Gasteiger partial charge in [-0.3, -0.25) is 4.79 Å². The monoisotopic (exact) mass is 471 g/mol. The van der Waals surface area contributed by atoms with Crippen LogP contribution in [-0.4, -0.2) is 46.8 Å². The molecule has 1 amide bonds. The molecular formula is C30H49NO3. The lowest BCUT2D eigenvalue weighted by Crippen LogP contribution is -2.50. The number of carbonyl (C=O) groups excluding carboxylic acids is 1. The Balaban J connectivity index is 1.21. The Morgan fingerprint density at radius 1 is 1.09 bits per heavy atom. The first-order valence-electron chi connectivity index (χ1n) is 14.5. The van der Waals surface area contributed by atoms with E-state index in [0.717, 1.165) is 68.9 Å². The lowest BCUT2D eigenvalue weighted by molar-refractivity contribution is -0.133. The van der Waals surface area contributed by atoms with Gasteiger partial charge in [0, 0.05) is 26.1 Å². The fraction of sp³-hybridized carbons (Fsp3) is 0.900. The number of allylic oxidation sites excluding steroid dienone is 1. The average Bonchev–Trinajstić information content (AvgIpc) is 3.20. The third-order valence-corrected chi connectivity index (χ3v) is 11.9. The third kappa shape index (κ3) is 4.19. The number of hydrogen-bond acceptors (Lipinski definition) is 3. The highest BCUT2D eigenvalue weighted by Crippen LogP contribution is 2.67. The zero-order valence-electron chi connectivity index (χ0n) is 22.0. The molecular weight excluding hydrogens is 422 g/mol. The van der Waals surface area contributed by atoms with E-state index in [1.54, 1.807) is 5.57 Å². The van der Waals surface area contributed by atoms with Crippen molar-refractivity contribution in [3.8, 4) is 0 Å². The first-order valence-corrected chi connectivity index (χ1v) is 14.5. The maximum Gasteiger partial charge on any atom is 0.222 e. The molecule has 3 saturated carbocycles. The van der Waals surface area contributed by atoms with Crippen LogP contribution >= 0.6 is 0 Å². The van der Waals surface area contributed by atoms with Crippen LogP contribution in [0.2, 0.25) is 0 Å². The lowest BCUT2D eigenvalue weighted by Gasteiger charge is -2.58. The molecule has 1 unspecified atom stereocenters. The number of rotatable bonds is 5. The van der Waals surface area contributed by atoms with Crippen molar-refractivity contribution in [1.82, 2.24) is 4.90 Å². The van der Waals surface area contributed by atoms with Gasteiger partial charge < -0.3 is 15.1 Å². The zero-order valence-corrected chi connectivity index (χ0v) is 22.0. The highest BCUT2D eigenvalue weighted by atomic mass is 16.3. The highest BCUT2D eigenvalue weighted by Gasteiger charge is 2.59. The van der Waals surface area contributed by atoms with Gasteiger partial charge in [0.2, 0.25) is 5.91 Å². The molecule has 1 saturated heterocycles. The molecule has 8 atom stereocenters. The standard InChI is InChI=1S/C30H49NO3/c1-20(4-9-28(34)31-16-12-21(19-32)13-17-31)25-7-8-26-24-6-5-22-18-23(33)10-14-29(22,2)27(24)11-15-30(25,26)3/h5,20-21,23-27,32-33H,4,6-19H2,1-3H3/t20?,23-,24-,25+,26-,27-,29-,30+/m0/s1. The van der Waals surface area contributed by atoms with Crippen LogP contribution in [0.1, 0.15) is 97.8 Å². The molecule has 34 heavy (non-hydrogen) atoms. The largest absolute Gasteiger partial charge is 0.396 e. The Hall–Kier alpha value is -0.870. The van der Waals surface area contributed by atoms with E-state index >= 15 is 0 Å². The van der Waals surface area contributed by atoms with Gasteiger partial charge in [0.25, 0.3) is 0 Å². The second-order valence-electron chi connectivity index (χ2n) is 13.4. The van der Waals surface area contributed by atoms with E-state index in [4.69, 9.17) is 0 Å². The number of piperidine rings is 1. The van der Waals surface area contributed by atoms with E-state index in [-0.39, 0.29) is 12.7 Å². The van der Waals surface area contributed by atoms with Crippen molar-refractivity contribution in [3.63, 3.8) is 0 Å². The van der Waals surface area contributed by atoms with Crippen molar-refractivity contribution in [2.45, 2.75) is 104 Å². The van der Waals surface area contributed by atoms with Crippen LogP contribution in [0.15, 0.2) is 11.6 Å². The predicted octanol–water partition coefficient (Wildman–Crippen LogP) is 5.57. The van der Waals surface area contributed by atoms with Crippen LogP contribution in [0.5, 0.6) is 0 Å². The fourth-order valence-corrected chi connectivity index (χ4v) is 9.69. The van der Waals surface area contributed by atoms with Gasteiger partial charge in [-0.25, -0.2) is 0 Å². The molecule has 4 fully saturated rings. The first kappa shape index (κ1) is 24.8. The van der Waals surface area contributed by atoms with E-state index in [2.05, 4.69) is 31.7 Å². The predicted molar refractivity (Wildman–Crippen MR) is 136 cm³/mol. The fourth-order valence-electron chi connectivity index (χ4n) is 9.69. The molecule has 0 aromatic rings. The normalized spacial score (nSPS) is 43.5. The van der Waals surface area contributed by atoms with Crippen molar-refractivity contribution in [2.75, 3.05) is 19.7 Å². The summed E-state index contributed by atoms with van der Waals surface area (Å²) in [7, 11) is 0. The lowest BCUT2D eigenvalue weighted by atomic mass is 9.47. The van der Waals surface area contributed by atoms with Gasteiger partial charge >= 0.3 is 0 Å². The Kier molecular flexibility index (Phi) is 6.96. The Bertz CT molecular complexity index is 786. The molecule has 0 spiro atoms. The van der Waals surface area contributed by atoms with Gasteiger partial charge in [-0.2, -0.15) is 0 Å². The number of likely N-dealkylation sites (tertiary alicyclic amines) is 1. The van der Waals surface area contributed by atoms with Gasteiger partial charge in [0.15, 0.2) is 0 Å². The maximum absolute atomic E-state index is 12.9. The topological polar surface area (TPSA) is 60.8 Å². The van der Waals surface area contributed by atoms with Crippen molar-refractivity contribution in [2.24, 2.45) is 46.3 Å². The summed E-state index contributed by atoms with van der Waals surface area (Å²) in [6.45, 7) is 9.48. The van der Waals surface area contributed by atoms with Crippen LogP contribution in [0.25, 0.3) is 0 Å². The molecule has 4 heteroatoms. The molecule has 0 radical (unpaired) electrons. The van der Waals surface area contributed by atoms with Crippen LogP contribution in [-0.2, 0) is 4.79 Å². The first-order chi connectivity index (χ1) is 16.3. The molecule has 0 aromatic heterocycles. The number of amides is 1. The zero-order chi connectivity index (χ0) is 24.1. The summed E-state index contributed by atoms with van der Waals surface area (Å²) < 4.78 is 0. The number of aliphatic hydroxyl groups excluding tert-OH is 2. The van der Waals surface area contributed by atoms with E-state index in [1.165, 1.54) is 38.5 Å². The smallest absolute Gasteiger partial charge is 0.222 e. The molecule has 0 aromatic carbocycles. The second-order valence-corrected chi connectivity index (χ2v) is 13.4. The average molecular weight is 472 g/mol. The second kappa shape index (κ2) is 9.54. The molecule has 192 valence electrons. The van der Waals surface area contributed by atoms with E-state index in [9.17, 15) is 15.0 Å². The van der Waals surface area contributed by atoms with Crippen LogP contribution in [0, 0.1) is 46.3 Å². The Morgan fingerprint density at radius 3 is 2.59 bits per heavy atom. The molecule has 2 N–H and O–H groups in total. The van der Waals surface area contributed by atoms with E-state index in [1.807, 2.05) is 0 Å². The van der Waals surface area contributed by atoms with Crippen molar-refractivity contribution >= 4 is 5.91 Å². The van der Waals surface area contributed by atoms with Crippen molar-refractivity contribution in [3.05, 3.63) is 11.6 Å². The summed E-state index contributed by atoms with van der Waals surface area (Å²) >= 11 is 0. The molecule has 0 bridgehead atoms. The van der Waals surface area contributed by atoms with E-state index in [0.29, 0.717) is 35.0 Å². The maximum atomic E-state index is 12.9. The van der Waals surface area contributed by atoms with Crippen molar-refractivity contribution < 1.29 is 15.0 Å². The SMILES string of the molecule is CC(CCC(=O)N1CCC(CO)CC1)[C@H]1CC[C@H]2[C@@H]3CC=C4C[C@@H](O)CC[C@]4(C)[C@H]3CC[C@]12C. The van der Waals surface area contributed by atoms with Gasteiger partial charge in [-0.05, 0) is 117 Å². The van der Waals surface area contributed by atoms with Gasteiger partial charge in [0.05, 0.1) is 6.10 Å². The summed E-state index contributed by atoms with van der Waals surface area (Å²) in [4.78, 5) is 14.9. The molecule has 5 rings (SSSR count). The number of nitrogens with zero attached hydrogens (tertiary/aromatic N) is 1. The number of fused-ring (bicyclic) bond motifs is 5. The van der Waals surface area contributed by atoms with Crippen LogP contribution in [0.4, 0.5) is 0 Å². The Morgan fingerprint density at radius 2 is 1.85 bits per heavy atom. The molecule has 1 heterocycles. The van der Waals surface area contributed by atoms with Crippen molar-refractivity contribution in [1.29, 1.82) is 0 Å². The minimum atomic E-state index is -0.120.